The number of carbonyl (C=O) groups excluding carboxylic acids is 1. The highest BCUT2D eigenvalue weighted by molar-refractivity contribution is 5.99. The Morgan fingerprint density at radius 1 is 1.24 bits per heavy atom. The third kappa shape index (κ3) is 4.66. The molecule has 4 rings (SSSR count). The summed E-state index contributed by atoms with van der Waals surface area (Å²) < 4.78 is 7.18. The third-order valence-electron chi connectivity index (χ3n) is 5.21. The zero-order chi connectivity index (χ0) is 20.1. The Bertz CT molecular complexity index is 962. The molecule has 0 saturated carbocycles. The van der Waals surface area contributed by atoms with Crippen LogP contribution in [0.3, 0.4) is 0 Å². The number of hydrogen-bond donors (Lipinski definition) is 2. The van der Waals surface area contributed by atoms with Crippen molar-refractivity contribution in [2.75, 3.05) is 20.2 Å². The summed E-state index contributed by atoms with van der Waals surface area (Å²) in [5.74, 6) is 0.637. The highest BCUT2D eigenvalue weighted by Gasteiger charge is 2.20. The highest BCUT2D eigenvalue weighted by atomic mass is 16.5. The van der Waals surface area contributed by atoms with Gasteiger partial charge in [0.25, 0.3) is 5.91 Å². The lowest BCUT2D eigenvalue weighted by Crippen LogP contribution is -2.37. The van der Waals surface area contributed by atoms with Crippen LogP contribution in [-0.2, 0) is 6.54 Å². The molecule has 2 heterocycles. The average Bonchev–Trinajstić information content (AvgIpc) is 3.43. The van der Waals surface area contributed by atoms with Gasteiger partial charge in [-0.1, -0.05) is 42.5 Å². The molecular formula is C23H26N4O2. The van der Waals surface area contributed by atoms with Crippen LogP contribution >= 0.6 is 0 Å². The number of nitrogens with zero attached hydrogens (tertiary/aromatic N) is 2. The number of methoxy groups -OCH3 is 1. The number of aromatic nitrogens is 2. The normalized spacial score (nSPS) is 16.0. The minimum Gasteiger partial charge on any atom is -0.497 e. The average molecular weight is 390 g/mol. The molecule has 0 bridgehead atoms. The molecule has 150 valence electrons. The van der Waals surface area contributed by atoms with Crippen LogP contribution in [0.4, 0.5) is 0 Å². The Hall–Kier alpha value is -3.12. The van der Waals surface area contributed by atoms with Crippen molar-refractivity contribution in [3.05, 3.63) is 71.9 Å². The van der Waals surface area contributed by atoms with E-state index in [1.165, 1.54) is 0 Å². The first-order valence-electron chi connectivity index (χ1n) is 10.0. The molecule has 1 aliphatic rings. The van der Waals surface area contributed by atoms with Gasteiger partial charge in [-0.25, -0.2) is 0 Å². The van der Waals surface area contributed by atoms with E-state index in [1.54, 1.807) is 7.11 Å². The predicted octanol–water partition coefficient (Wildman–Crippen LogP) is 3.09. The van der Waals surface area contributed by atoms with Crippen molar-refractivity contribution in [3.63, 3.8) is 0 Å². The molecular weight excluding hydrogens is 364 g/mol. The summed E-state index contributed by atoms with van der Waals surface area (Å²) in [6.07, 6.45) is 4.08. The first-order valence-corrected chi connectivity index (χ1v) is 10.0. The van der Waals surface area contributed by atoms with Crippen LogP contribution < -0.4 is 15.4 Å². The summed E-state index contributed by atoms with van der Waals surface area (Å²) in [7, 11) is 1.63. The van der Waals surface area contributed by atoms with Crippen LogP contribution in [-0.4, -0.2) is 41.9 Å². The molecule has 1 aliphatic heterocycles. The number of amides is 1. The highest BCUT2D eigenvalue weighted by Crippen LogP contribution is 2.26. The molecule has 1 saturated heterocycles. The maximum atomic E-state index is 13.0. The van der Waals surface area contributed by atoms with Crippen molar-refractivity contribution < 1.29 is 9.53 Å². The molecule has 1 unspecified atom stereocenters. The van der Waals surface area contributed by atoms with E-state index in [0.29, 0.717) is 30.4 Å². The van der Waals surface area contributed by atoms with Crippen LogP contribution in [0.2, 0.25) is 0 Å². The summed E-state index contributed by atoms with van der Waals surface area (Å²) in [5, 5.41) is 11.2. The van der Waals surface area contributed by atoms with Crippen molar-refractivity contribution >= 4 is 5.91 Å². The molecule has 1 amide bonds. The van der Waals surface area contributed by atoms with Gasteiger partial charge in [0.05, 0.1) is 19.2 Å². The molecule has 0 spiro atoms. The first kappa shape index (κ1) is 19.2. The second-order valence-electron chi connectivity index (χ2n) is 7.31. The summed E-state index contributed by atoms with van der Waals surface area (Å²) in [6, 6.07) is 18.1. The van der Waals surface area contributed by atoms with Crippen molar-refractivity contribution in [3.8, 4) is 17.0 Å². The Kier molecular flexibility index (Phi) is 5.91. The molecule has 2 aromatic carbocycles. The summed E-state index contributed by atoms with van der Waals surface area (Å²) in [4.78, 5) is 13.0. The molecule has 2 N–H and O–H groups in total. The number of hydrogen-bond acceptors (Lipinski definition) is 4. The zero-order valence-corrected chi connectivity index (χ0v) is 16.6. The van der Waals surface area contributed by atoms with Crippen molar-refractivity contribution in [2.24, 2.45) is 0 Å². The lowest BCUT2D eigenvalue weighted by atomic mass is 10.1. The third-order valence-corrected chi connectivity index (χ3v) is 5.21. The van der Waals surface area contributed by atoms with Gasteiger partial charge in [-0.2, -0.15) is 5.10 Å². The van der Waals surface area contributed by atoms with Crippen molar-refractivity contribution in [1.82, 2.24) is 20.4 Å². The van der Waals surface area contributed by atoms with Gasteiger partial charge in [-0.15, -0.1) is 0 Å². The number of benzene rings is 2. The van der Waals surface area contributed by atoms with Gasteiger partial charge >= 0.3 is 0 Å². The number of rotatable bonds is 7. The SMILES string of the molecule is COc1cccc(-c2nn(Cc3ccccc3)cc2C(=O)NCC2CCCN2)c1. The minimum atomic E-state index is -0.101. The Morgan fingerprint density at radius 3 is 2.86 bits per heavy atom. The van der Waals surface area contributed by atoms with E-state index in [9.17, 15) is 4.79 Å². The van der Waals surface area contributed by atoms with Gasteiger partial charge < -0.3 is 15.4 Å². The van der Waals surface area contributed by atoms with Crippen LogP contribution in [0, 0.1) is 0 Å². The van der Waals surface area contributed by atoms with Gasteiger partial charge in [0.15, 0.2) is 0 Å². The predicted molar refractivity (Wildman–Crippen MR) is 113 cm³/mol. The van der Waals surface area contributed by atoms with Crippen LogP contribution in [0.25, 0.3) is 11.3 Å². The molecule has 0 radical (unpaired) electrons. The van der Waals surface area contributed by atoms with Crippen LogP contribution in [0.15, 0.2) is 60.8 Å². The van der Waals surface area contributed by atoms with Gasteiger partial charge in [-0.3, -0.25) is 9.48 Å². The molecule has 3 aromatic rings. The fraction of sp³-hybridized carbons (Fsp3) is 0.304. The van der Waals surface area contributed by atoms with Gasteiger partial charge in [-0.05, 0) is 37.1 Å². The summed E-state index contributed by atoms with van der Waals surface area (Å²) >= 11 is 0. The van der Waals surface area contributed by atoms with Crippen molar-refractivity contribution in [1.29, 1.82) is 0 Å². The molecule has 6 heteroatoms. The number of nitrogens with one attached hydrogen (secondary N) is 2. The van der Waals surface area contributed by atoms with Crippen molar-refractivity contribution in [2.45, 2.75) is 25.4 Å². The largest absolute Gasteiger partial charge is 0.497 e. The van der Waals surface area contributed by atoms with E-state index in [2.05, 4.69) is 22.8 Å². The van der Waals surface area contributed by atoms with E-state index in [0.717, 1.165) is 36.3 Å². The van der Waals surface area contributed by atoms with E-state index >= 15 is 0 Å². The molecule has 1 fully saturated rings. The second-order valence-corrected chi connectivity index (χ2v) is 7.31. The Labute approximate surface area is 170 Å². The van der Waals surface area contributed by atoms with E-state index in [4.69, 9.17) is 9.84 Å². The smallest absolute Gasteiger partial charge is 0.255 e. The topological polar surface area (TPSA) is 68.2 Å². The number of carbonyl (C=O) groups is 1. The Morgan fingerprint density at radius 2 is 2.10 bits per heavy atom. The van der Waals surface area contributed by atoms with Gasteiger partial charge in [0.2, 0.25) is 0 Å². The lowest BCUT2D eigenvalue weighted by Gasteiger charge is -2.11. The first-order chi connectivity index (χ1) is 14.2. The summed E-state index contributed by atoms with van der Waals surface area (Å²) in [6.45, 7) is 2.25. The van der Waals surface area contributed by atoms with E-state index in [1.807, 2.05) is 53.3 Å². The monoisotopic (exact) mass is 390 g/mol. The lowest BCUT2D eigenvalue weighted by molar-refractivity contribution is 0.0951. The standard InChI is InChI=1S/C23H26N4O2/c1-29-20-11-5-9-18(13-20)22-21(23(28)25-14-19-10-6-12-24-19)16-27(26-22)15-17-7-3-2-4-8-17/h2-5,7-9,11,13,16,19,24H,6,10,12,14-15H2,1H3,(H,25,28). The summed E-state index contributed by atoms with van der Waals surface area (Å²) in [5.41, 5.74) is 3.23. The molecule has 1 aromatic heterocycles. The fourth-order valence-corrected chi connectivity index (χ4v) is 3.66. The fourth-order valence-electron chi connectivity index (χ4n) is 3.66. The van der Waals surface area contributed by atoms with Gasteiger partial charge in [0.1, 0.15) is 11.4 Å². The van der Waals surface area contributed by atoms with E-state index in [-0.39, 0.29) is 5.91 Å². The quantitative estimate of drug-likeness (QED) is 0.651. The molecule has 29 heavy (non-hydrogen) atoms. The number of ether oxygens (including phenoxy) is 1. The van der Waals surface area contributed by atoms with Crippen LogP contribution in [0.5, 0.6) is 5.75 Å². The molecule has 1 atom stereocenters. The van der Waals surface area contributed by atoms with E-state index < -0.39 is 0 Å². The molecule has 6 nitrogen and oxygen atoms in total. The second kappa shape index (κ2) is 8.92. The maximum Gasteiger partial charge on any atom is 0.255 e. The zero-order valence-electron chi connectivity index (χ0n) is 16.6. The Balaban J connectivity index is 1.62. The van der Waals surface area contributed by atoms with Crippen LogP contribution in [0.1, 0.15) is 28.8 Å². The molecule has 0 aliphatic carbocycles. The maximum absolute atomic E-state index is 13.0. The van der Waals surface area contributed by atoms with Gasteiger partial charge in [0, 0.05) is 24.3 Å². The minimum absolute atomic E-state index is 0.101.